The third-order valence-corrected chi connectivity index (χ3v) is 3.62. The van der Waals surface area contributed by atoms with Crippen molar-refractivity contribution in [2.45, 2.75) is 26.8 Å². The van der Waals surface area contributed by atoms with Crippen LogP contribution >= 0.6 is 0 Å². The molecule has 0 amide bonds. The normalized spacial score (nSPS) is 20.0. The number of piperazine rings is 1. The predicted octanol–water partition coefficient (Wildman–Crippen LogP) is 2.12. The molecule has 1 fully saturated rings. The number of nitrogens with one attached hydrogen (secondary N) is 1. The maximum absolute atomic E-state index is 3.62. The van der Waals surface area contributed by atoms with E-state index in [2.05, 4.69) is 61.4 Å². The summed E-state index contributed by atoms with van der Waals surface area (Å²) < 4.78 is 0. The molecular weight excluding hydrogens is 222 g/mol. The molecule has 0 spiro atoms. The Morgan fingerprint density at radius 1 is 1.00 bits per heavy atom. The van der Waals surface area contributed by atoms with Crippen molar-refractivity contribution in [3.8, 4) is 0 Å². The number of likely N-dealkylation sites (N-methyl/N-ethyl adjacent to an activating group) is 1. The quantitative estimate of drug-likeness (QED) is 0.882. The lowest BCUT2D eigenvalue weighted by molar-refractivity contribution is 0.0899. The van der Waals surface area contributed by atoms with Gasteiger partial charge in [0.15, 0.2) is 0 Å². The van der Waals surface area contributed by atoms with E-state index in [1.807, 2.05) is 0 Å². The van der Waals surface area contributed by atoms with Gasteiger partial charge >= 0.3 is 0 Å². The van der Waals surface area contributed by atoms with E-state index >= 15 is 0 Å². The van der Waals surface area contributed by atoms with Crippen molar-refractivity contribution >= 4 is 0 Å². The molecule has 18 heavy (non-hydrogen) atoms. The van der Waals surface area contributed by atoms with Crippen LogP contribution in [0.25, 0.3) is 0 Å². The Kier molecular flexibility index (Phi) is 4.38. The van der Waals surface area contributed by atoms with Gasteiger partial charge in [-0.1, -0.05) is 29.3 Å². The van der Waals surface area contributed by atoms with Gasteiger partial charge in [-0.25, -0.2) is 10.4 Å². The third-order valence-electron chi connectivity index (χ3n) is 3.62. The number of nitrogens with zero attached hydrogens (tertiary/aromatic N) is 2. The van der Waals surface area contributed by atoms with Crippen molar-refractivity contribution in [1.82, 2.24) is 15.3 Å². The first-order valence-corrected chi connectivity index (χ1v) is 6.82. The maximum atomic E-state index is 3.62. The average Bonchev–Trinajstić information content (AvgIpc) is 2.31. The van der Waals surface area contributed by atoms with Gasteiger partial charge in [-0.05, 0) is 33.4 Å². The van der Waals surface area contributed by atoms with E-state index in [1.165, 1.54) is 16.7 Å². The molecule has 0 aliphatic carbocycles. The number of hydrogen-bond donors (Lipinski definition) is 1. The Morgan fingerprint density at radius 2 is 1.56 bits per heavy atom. The SMILES string of the molecule is Cc1cc(C)cc(C(C)NN2CCN(C)CC2)c1. The smallest absolute Gasteiger partial charge is 0.0436 e. The lowest BCUT2D eigenvalue weighted by Crippen LogP contribution is -2.51. The average molecular weight is 247 g/mol. The van der Waals surface area contributed by atoms with E-state index < -0.39 is 0 Å². The second kappa shape index (κ2) is 5.83. The minimum Gasteiger partial charge on any atom is -0.304 e. The molecule has 3 nitrogen and oxygen atoms in total. The lowest BCUT2D eigenvalue weighted by atomic mass is 10.0. The summed E-state index contributed by atoms with van der Waals surface area (Å²) in [6.07, 6.45) is 0. The van der Waals surface area contributed by atoms with Crippen molar-refractivity contribution in [1.29, 1.82) is 0 Å². The second-order valence-corrected chi connectivity index (χ2v) is 5.56. The van der Waals surface area contributed by atoms with E-state index in [-0.39, 0.29) is 0 Å². The molecule has 1 aliphatic rings. The minimum absolute atomic E-state index is 0.381. The van der Waals surface area contributed by atoms with Gasteiger partial charge in [0, 0.05) is 32.2 Å². The Balaban J connectivity index is 1.96. The maximum Gasteiger partial charge on any atom is 0.0436 e. The first kappa shape index (κ1) is 13.5. The largest absolute Gasteiger partial charge is 0.304 e. The zero-order valence-electron chi connectivity index (χ0n) is 12.0. The summed E-state index contributed by atoms with van der Waals surface area (Å²) in [7, 11) is 2.19. The van der Waals surface area contributed by atoms with Crippen LogP contribution in [-0.2, 0) is 0 Å². The van der Waals surface area contributed by atoms with Gasteiger partial charge in [-0.15, -0.1) is 0 Å². The molecule has 1 heterocycles. The van der Waals surface area contributed by atoms with Gasteiger partial charge in [-0.3, -0.25) is 0 Å². The van der Waals surface area contributed by atoms with E-state index in [1.54, 1.807) is 0 Å². The molecule has 0 bridgehead atoms. The van der Waals surface area contributed by atoms with Gasteiger partial charge < -0.3 is 4.90 Å². The Labute approximate surface area is 111 Å². The summed E-state index contributed by atoms with van der Waals surface area (Å²) in [5, 5.41) is 2.35. The highest BCUT2D eigenvalue weighted by molar-refractivity contribution is 5.30. The molecule has 0 aromatic heterocycles. The Bertz CT molecular complexity index is 374. The zero-order valence-corrected chi connectivity index (χ0v) is 12.0. The van der Waals surface area contributed by atoms with Crippen LogP contribution in [-0.4, -0.2) is 43.1 Å². The molecule has 1 N–H and O–H groups in total. The first-order valence-electron chi connectivity index (χ1n) is 6.82. The van der Waals surface area contributed by atoms with E-state index in [0.717, 1.165) is 26.2 Å². The molecule has 1 saturated heterocycles. The number of hydrogen-bond acceptors (Lipinski definition) is 3. The molecule has 2 rings (SSSR count). The van der Waals surface area contributed by atoms with Crippen LogP contribution in [0.1, 0.15) is 29.7 Å². The van der Waals surface area contributed by atoms with Gasteiger partial charge in [0.05, 0.1) is 0 Å². The number of hydrazine groups is 1. The number of benzene rings is 1. The fraction of sp³-hybridized carbons (Fsp3) is 0.600. The van der Waals surface area contributed by atoms with Crippen LogP contribution in [0.4, 0.5) is 0 Å². The zero-order chi connectivity index (χ0) is 13.1. The lowest BCUT2D eigenvalue weighted by Gasteiger charge is -2.34. The van der Waals surface area contributed by atoms with Crippen LogP contribution in [0.3, 0.4) is 0 Å². The van der Waals surface area contributed by atoms with Crippen LogP contribution in [0.2, 0.25) is 0 Å². The minimum atomic E-state index is 0.381. The standard InChI is InChI=1S/C15H25N3/c1-12-9-13(2)11-15(10-12)14(3)16-18-7-5-17(4)6-8-18/h9-11,14,16H,5-8H2,1-4H3. The molecule has 100 valence electrons. The van der Waals surface area contributed by atoms with Gasteiger partial charge in [0.2, 0.25) is 0 Å². The highest BCUT2D eigenvalue weighted by Crippen LogP contribution is 2.17. The van der Waals surface area contributed by atoms with Gasteiger partial charge in [0.1, 0.15) is 0 Å². The summed E-state index contributed by atoms with van der Waals surface area (Å²) in [4.78, 5) is 2.37. The van der Waals surface area contributed by atoms with Crippen molar-refractivity contribution in [3.63, 3.8) is 0 Å². The van der Waals surface area contributed by atoms with E-state index in [0.29, 0.717) is 6.04 Å². The third kappa shape index (κ3) is 3.55. The molecule has 0 saturated carbocycles. The molecule has 1 aromatic carbocycles. The molecular formula is C15H25N3. The van der Waals surface area contributed by atoms with Crippen molar-refractivity contribution in [2.75, 3.05) is 33.2 Å². The van der Waals surface area contributed by atoms with E-state index in [9.17, 15) is 0 Å². The van der Waals surface area contributed by atoms with Gasteiger partial charge in [0.25, 0.3) is 0 Å². The van der Waals surface area contributed by atoms with Crippen LogP contribution in [0.5, 0.6) is 0 Å². The molecule has 1 aromatic rings. The second-order valence-electron chi connectivity index (χ2n) is 5.56. The highest BCUT2D eigenvalue weighted by atomic mass is 15.5. The van der Waals surface area contributed by atoms with Crippen molar-refractivity contribution < 1.29 is 0 Å². The summed E-state index contributed by atoms with van der Waals surface area (Å²) in [5.74, 6) is 0. The van der Waals surface area contributed by atoms with Gasteiger partial charge in [-0.2, -0.15) is 0 Å². The first-order chi connectivity index (χ1) is 8.54. The summed E-state index contributed by atoms with van der Waals surface area (Å²) in [6.45, 7) is 11.1. The number of rotatable bonds is 3. The molecule has 0 radical (unpaired) electrons. The summed E-state index contributed by atoms with van der Waals surface area (Å²) in [6, 6.07) is 7.17. The summed E-state index contributed by atoms with van der Waals surface area (Å²) in [5.41, 5.74) is 7.69. The summed E-state index contributed by atoms with van der Waals surface area (Å²) >= 11 is 0. The molecule has 3 heteroatoms. The van der Waals surface area contributed by atoms with Crippen LogP contribution < -0.4 is 5.43 Å². The highest BCUT2D eigenvalue weighted by Gasteiger charge is 2.16. The number of aryl methyl sites for hydroxylation is 2. The monoisotopic (exact) mass is 247 g/mol. The predicted molar refractivity (Wildman–Crippen MR) is 76.5 cm³/mol. The molecule has 1 atom stereocenters. The van der Waals surface area contributed by atoms with E-state index in [4.69, 9.17) is 0 Å². The van der Waals surface area contributed by atoms with Crippen LogP contribution in [0.15, 0.2) is 18.2 Å². The van der Waals surface area contributed by atoms with Crippen molar-refractivity contribution in [3.05, 3.63) is 34.9 Å². The van der Waals surface area contributed by atoms with Crippen LogP contribution in [0, 0.1) is 13.8 Å². The Morgan fingerprint density at radius 3 is 2.11 bits per heavy atom. The fourth-order valence-electron chi connectivity index (χ4n) is 2.54. The van der Waals surface area contributed by atoms with Crippen molar-refractivity contribution in [2.24, 2.45) is 0 Å². The topological polar surface area (TPSA) is 18.5 Å². The fourth-order valence-corrected chi connectivity index (χ4v) is 2.54. The Hall–Kier alpha value is -0.900. The molecule has 1 aliphatic heterocycles. The molecule has 1 unspecified atom stereocenters.